The molecule has 5 rings (SSSR count). The number of esters is 1. The quantitative estimate of drug-likeness (QED) is 0.584. The van der Waals surface area contributed by atoms with Crippen LogP contribution in [0.2, 0.25) is 0 Å². The summed E-state index contributed by atoms with van der Waals surface area (Å²) in [7, 11) is 0. The van der Waals surface area contributed by atoms with Gasteiger partial charge in [-0.2, -0.15) is 0 Å². The number of ether oxygens (including phenoxy) is 2. The highest BCUT2D eigenvalue weighted by atomic mass is 16.5. The molecular weight excluding hydrogens is 356 g/mol. The van der Waals surface area contributed by atoms with Crippen molar-refractivity contribution >= 4 is 11.8 Å². The zero-order valence-electron chi connectivity index (χ0n) is 15.6. The van der Waals surface area contributed by atoms with Crippen molar-refractivity contribution in [3.05, 3.63) is 53.1 Å². The summed E-state index contributed by atoms with van der Waals surface area (Å²) in [6.45, 7) is 0. The van der Waals surface area contributed by atoms with Gasteiger partial charge in [-0.05, 0) is 55.5 Å². The smallest absolute Gasteiger partial charge is 0.312 e. The lowest BCUT2D eigenvalue weighted by molar-refractivity contribution is -0.135. The normalized spacial score (nSPS) is 22.8. The molecule has 1 atom stereocenters. The Kier molecular flexibility index (Phi) is 3.93. The van der Waals surface area contributed by atoms with Crippen molar-refractivity contribution in [3.63, 3.8) is 0 Å². The first-order valence-electron chi connectivity index (χ1n) is 9.93. The van der Waals surface area contributed by atoms with Gasteiger partial charge in [0.2, 0.25) is 0 Å². The molecule has 5 heteroatoms. The van der Waals surface area contributed by atoms with Crippen LogP contribution in [-0.2, 0) is 4.79 Å². The second-order valence-corrected chi connectivity index (χ2v) is 8.13. The number of phenolic OH excluding ortho intramolecular Hbond substituents is 1. The van der Waals surface area contributed by atoms with Gasteiger partial charge in [-0.1, -0.05) is 18.6 Å². The maximum atomic E-state index is 13.0. The van der Waals surface area contributed by atoms with E-state index in [0.29, 0.717) is 23.5 Å². The van der Waals surface area contributed by atoms with Crippen LogP contribution in [0.15, 0.2) is 36.4 Å². The molecule has 1 N–H and O–H groups in total. The minimum atomic E-state index is -0.442. The number of benzene rings is 2. The summed E-state index contributed by atoms with van der Waals surface area (Å²) < 4.78 is 12.1. The monoisotopic (exact) mass is 378 g/mol. The van der Waals surface area contributed by atoms with Crippen molar-refractivity contribution < 1.29 is 24.2 Å². The predicted octanol–water partition coefficient (Wildman–Crippen LogP) is 4.50. The Morgan fingerprint density at radius 2 is 1.86 bits per heavy atom. The molecule has 2 aliphatic heterocycles. The number of phenols is 1. The summed E-state index contributed by atoms with van der Waals surface area (Å²) in [4.78, 5) is 25.2. The van der Waals surface area contributed by atoms with E-state index in [2.05, 4.69) is 0 Å². The number of carbonyl (C=O) groups excluding carboxylic acids is 2. The summed E-state index contributed by atoms with van der Waals surface area (Å²) in [5, 5.41) is 9.94. The minimum Gasteiger partial charge on any atom is -0.508 e. The lowest BCUT2D eigenvalue weighted by Crippen LogP contribution is -2.44. The molecule has 144 valence electrons. The number of rotatable bonds is 1. The first-order chi connectivity index (χ1) is 13.5. The van der Waals surface area contributed by atoms with Crippen molar-refractivity contribution in [2.45, 2.75) is 56.5 Å². The number of ketones is 1. The van der Waals surface area contributed by atoms with Gasteiger partial charge in [0.25, 0.3) is 0 Å². The van der Waals surface area contributed by atoms with E-state index in [4.69, 9.17) is 9.47 Å². The minimum absolute atomic E-state index is 0.0949. The number of hydrogen-bond donors (Lipinski definition) is 1. The van der Waals surface area contributed by atoms with Gasteiger partial charge >= 0.3 is 5.97 Å². The van der Waals surface area contributed by atoms with E-state index in [9.17, 15) is 14.7 Å². The van der Waals surface area contributed by atoms with Gasteiger partial charge in [-0.25, -0.2) is 0 Å². The van der Waals surface area contributed by atoms with Gasteiger partial charge in [-0.15, -0.1) is 0 Å². The maximum Gasteiger partial charge on any atom is 0.312 e. The molecule has 2 aromatic carbocycles. The fourth-order valence-corrected chi connectivity index (χ4v) is 4.90. The molecule has 3 aliphatic rings. The van der Waals surface area contributed by atoms with Crippen LogP contribution in [0.25, 0.3) is 0 Å². The van der Waals surface area contributed by atoms with E-state index in [1.54, 1.807) is 30.3 Å². The summed E-state index contributed by atoms with van der Waals surface area (Å²) >= 11 is 0. The van der Waals surface area contributed by atoms with Gasteiger partial charge in [0.05, 0.1) is 18.4 Å². The van der Waals surface area contributed by atoms with Crippen LogP contribution in [0.3, 0.4) is 0 Å². The van der Waals surface area contributed by atoms with E-state index in [0.717, 1.165) is 36.8 Å². The van der Waals surface area contributed by atoms with Crippen LogP contribution in [0, 0.1) is 0 Å². The molecule has 1 fully saturated rings. The highest BCUT2D eigenvalue weighted by Gasteiger charge is 2.44. The number of Topliss-reactive ketones (excluding diaryl/α,β-unsaturated/α-hetero) is 1. The highest BCUT2D eigenvalue weighted by Crippen LogP contribution is 2.51. The highest BCUT2D eigenvalue weighted by molar-refractivity contribution is 6.01. The standard InChI is InChI=1S/C23H22O5/c24-15-6-4-5-14(11-15)17-12-20(26)27-19-8-7-16-18(25)13-23(9-2-1-3-10-23)28-22(16)21(17)19/h4-8,11,17,24H,1-3,9-10,12-13H2/t17-/m0/s1. The molecule has 1 saturated carbocycles. The second kappa shape index (κ2) is 6.36. The van der Waals surface area contributed by atoms with Crippen LogP contribution >= 0.6 is 0 Å². The van der Waals surface area contributed by atoms with E-state index < -0.39 is 5.60 Å². The third-order valence-electron chi connectivity index (χ3n) is 6.24. The first-order valence-corrected chi connectivity index (χ1v) is 9.93. The summed E-state index contributed by atoms with van der Waals surface area (Å²) in [5.41, 5.74) is 1.69. The average molecular weight is 378 g/mol. The fraction of sp³-hybridized carbons (Fsp3) is 0.391. The molecule has 0 radical (unpaired) electrons. The van der Waals surface area contributed by atoms with Gasteiger partial charge in [0.1, 0.15) is 22.8 Å². The van der Waals surface area contributed by atoms with Crippen molar-refractivity contribution in [2.75, 3.05) is 0 Å². The topological polar surface area (TPSA) is 72.8 Å². The molecule has 0 aromatic heterocycles. The van der Waals surface area contributed by atoms with Gasteiger partial charge in [-0.3, -0.25) is 9.59 Å². The Hall–Kier alpha value is -2.82. The average Bonchev–Trinajstić information content (AvgIpc) is 2.67. The van der Waals surface area contributed by atoms with E-state index >= 15 is 0 Å². The Morgan fingerprint density at radius 1 is 1.04 bits per heavy atom. The SMILES string of the molecule is O=C1C[C@@H](c2cccc(O)c2)c2c(ccc3c2OC2(CCCCC2)CC3=O)O1. The van der Waals surface area contributed by atoms with E-state index in [1.165, 1.54) is 6.42 Å². The van der Waals surface area contributed by atoms with Crippen LogP contribution in [0.1, 0.15) is 72.3 Å². The van der Waals surface area contributed by atoms with E-state index in [1.807, 2.05) is 6.07 Å². The van der Waals surface area contributed by atoms with Gasteiger partial charge < -0.3 is 14.6 Å². The number of aromatic hydroxyl groups is 1. The second-order valence-electron chi connectivity index (χ2n) is 8.13. The molecule has 0 bridgehead atoms. The third kappa shape index (κ3) is 2.77. The van der Waals surface area contributed by atoms with Crippen molar-refractivity contribution in [2.24, 2.45) is 0 Å². The zero-order chi connectivity index (χ0) is 19.3. The Balaban J connectivity index is 1.67. The van der Waals surface area contributed by atoms with Gasteiger partial charge in [0, 0.05) is 11.5 Å². The Labute approximate surface area is 163 Å². The van der Waals surface area contributed by atoms with Crippen LogP contribution in [0.4, 0.5) is 0 Å². The summed E-state index contributed by atoms with van der Waals surface area (Å²) in [6, 6.07) is 10.3. The molecule has 1 spiro atoms. The molecule has 2 heterocycles. The largest absolute Gasteiger partial charge is 0.508 e. The van der Waals surface area contributed by atoms with Crippen LogP contribution in [-0.4, -0.2) is 22.5 Å². The maximum absolute atomic E-state index is 13.0. The van der Waals surface area contributed by atoms with Crippen molar-refractivity contribution in [1.29, 1.82) is 0 Å². The lowest BCUT2D eigenvalue weighted by atomic mass is 9.76. The molecular formula is C23H22O5. The molecule has 28 heavy (non-hydrogen) atoms. The predicted molar refractivity (Wildman–Crippen MR) is 102 cm³/mol. The van der Waals surface area contributed by atoms with Crippen molar-refractivity contribution in [3.8, 4) is 17.2 Å². The number of fused-ring (bicyclic) bond motifs is 3. The molecule has 0 unspecified atom stereocenters. The number of carbonyl (C=O) groups is 2. The fourth-order valence-electron chi connectivity index (χ4n) is 4.90. The Morgan fingerprint density at radius 3 is 2.64 bits per heavy atom. The first kappa shape index (κ1) is 17.3. The molecule has 2 aromatic rings. The molecule has 5 nitrogen and oxygen atoms in total. The summed E-state index contributed by atoms with van der Waals surface area (Å²) in [6.07, 6.45) is 5.59. The molecule has 0 amide bonds. The molecule has 0 saturated heterocycles. The van der Waals surface area contributed by atoms with Gasteiger partial charge in [0.15, 0.2) is 5.78 Å². The lowest BCUT2D eigenvalue weighted by Gasteiger charge is -2.42. The molecule has 1 aliphatic carbocycles. The van der Waals surface area contributed by atoms with E-state index in [-0.39, 0.29) is 29.8 Å². The zero-order valence-corrected chi connectivity index (χ0v) is 15.6. The Bertz CT molecular complexity index is 971. The van der Waals surface area contributed by atoms with Crippen LogP contribution < -0.4 is 9.47 Å². The van der Waals surface area contributed by atoms with Crippen LogP contribution in [0.5, 0.6) is 17.2 Å². The summed E-state index contributed by atoms with van der Waals surface area (Å²) in [5.74, 6) is 0.613. The number of hydrogen-bond acceptors (Lipinski definition) is 5. The van der Waals surface area contributed by atoms with Crippen molar-refractivity contribution in [1.82, 2.24) is 0 Å². The third-order valence-corrected chi connectivity index (χ3v) is 6.24.